The number of unbranched alkanes of at least 4 members (excludes halogenated alkanes) is 15. The number of rotatable bonds is 36. The van der Waals surface area contributed by atoms with Gasteiger partial charge in [-0.05, 0) is 74.5 Å². The molecule has 0 aliphatic rings. The molecule has 15 nitrogen and oxygen atoms in total. The molecule has 0 fully saturated rings. The van der Waals surface area contributed by atoms with Crippen LogP contribution in [0.25, 0.3) is 0 Å². The molecule has 0 bridgehead atoms. The van der Waals surface area contributed by atoms with Crippen LogP contribution in [0.15, 0.2) is 18.2 Å². The van der Waals surface area contributed by atoms with Crippen molar-refractivity contribution in [3.05, 3.63) is 18.2 Å². The molecular weight excluding hydrogens is 841 g/mol. The number of carbonyl (C=O) groups excluding carboxylic acids is 6. The normalized spacial score (nSPS) is 12.5. The van der Waals surface area contributed by atoms with Crippen molar-refractivity contribution in [2.45, 2.75) is 215 Å². The maximum absolute atomic E-state index is 13.5. The summed E-state index contributed by atoms with van der Waals surface area (Å²) in [6.45, 7) is 18.9. The van der Waals surface area contributed by atoms with Crippen LogP contribution in [0.5, 0.6) is 0 Å². The molecule has 0 heterocycles. The molecule has 0 saturated heterocycles. The summed E-state index contributed by atoms with van der Waals surface area (Å²) >= 11 is 0. The Kier molecular flexibility index (Phi) is 32.9. The van der Waals surface area contributed by atoms with E-state index in [1.165, 1.54) is 37.5 Å². The zero-order valence-corrected chi connectivity index (χ0v) is 42.3. The van der Waals surface area contributed by atoms with Gasteiger partial charge in [-0.15, -0.1) is 0 Å². The van der Waals surface area contributed by atoms with E-state index >= 15 is 0 Å². The average Bonchev–Trinajstić information content (AvgIpc) is 3.23. The predicted molar refractivity (Wildman–Crippen MR) is 266 cm³/mol. The van der Waals surface area contributed by atoms with E-state index in [1.54, 1.807) is 0 Å². The maximum atomic E-state index is 13.5. The first kappa shape index (κ1) is 59.5. The standard InChI is InChI=1S/C51H90N6O9/c1-10-13-16-19-22-25-28-64-46(58)43(31-37(4)5)55-49(61)52-40-34-41(53-50(62)56-44(32-38(6)7)47(59)65-29-26-23-20-17-14-11-2)36-42(35-40)54-51(63)57-45(33-39(8)9)48(60)66-30-27-24-21-18-15-12-3/h34-39,43-45H,10-33H2,1-9H3,(H2,52,55,61)(H2,53,56,62)(H2,54,57,63)/t43-,44-,45-/m0/s1. The Morgan fingerprint density at radius 2 is 0.606 bits per heavy atom. The summed E-state index contributed by atoms with van der Waals surface area (Å²) in [4.78, 5) is 80.0. The van der Waals surface area contributed by atoms with E-state index in [9.17, 15) is 28.8 Å². The van der Waals surface area contributed by atoms with Gasteiger partial charge in [-0.3, -0.25) is 0 Å². The van der Waals surface area contributed by atoms with Crippen molar-refractivity contribution in [3.8, 4) is 0 Å². The Morgan fingerprint density at radius 3 is 0.833 bits per heavy atom. The minimum Gasteiger partial charge on any atom is -0.464 e. The van der Waals surface area contributed by atoms with Crippen molar-refractivity contribution in [1.82, 2.24) is 16.0 Å². The van der Waals surface area contributed by atoms with Crippen LogP contribution in [0.4, 0.5) is 31.4 Å². The van der Waals surface area contributed by atoms with Crippen LogP contribution in [0.2, 0.25) is 0 Å². The van der Waals surface area contributed by atoms with Gasteiger partial charge in [0.2, 0.25) is 0 Å². The van der Waals surface area contributed by atoms with Crippen molar-refractivity contribution in [2.24, 2.45) is 17.8 Å². The fraction of sp³-hybridized carbons (Fsp3) is 0.765. The number of anilines is 3. The van der Waals surface area contributed by atoms with Gasteiger partial charge in [0, 0.05) is 17.1 Å². The highest BCUT2D eigenvalue weighted by Gasteiger charge is 2.27. The Morgan fingerprint density at radius 1 is 0.379 bits per heavy atom. The van der Waals surface area contributed by atoms with Crippen molar-refractivity contribution in [3.63, 3.8) is 0 Å². The number of amides is 6. The van der Waals surface area contributed by atoms with Gasteiger partial charge in [-0.1, -0.05) is 159 Å². The van der Waals surface area contributed by atoms with Gasteiger partial charge in [0.1, 0.15) is 18.1 Å². The SMILES string of the molecule is CCCCCCCCOC(=O)[C@H](CC(C)C)NC(=O)Nc1cc(NC(=O)N[C@@H](CC(C)C)C(=O)OCCCCCCCC)cc(NC(=O)N[C@@H](CC(C)C)C(=O)OCCCCCCCC)c1. The largest absolute Gasteiger partial charge is 0.464 e. The summed E-state index contributed by atoms with van der Waals surface area (Å²) in [5.41, 5.74) is 0.496. The molecule has 0 aliphatic heterocycles. The van der Waals surface area contributed by atoms with E-state index in [1.807, 2.05) is 41.5 Å². The lowest BCUT2D eigenvalue weighted by molar-refractivity contribution is -0.147. The molecule has 6 amide bonds. The Labute approximate surface area is 397 Å². The molecule has 0 aromatic heterocycles. The summed E-state index contributed by atoms with van der Waals surface area (Å²) in [7, 11) is 0. The second-order valence-corrected chi connectivity index (χ2v) is 18.9. The fourth-order valence-corrected chi connectivity index (χ4v) is 7.34. The predicted octanol–water partition coefficient (Wildman–Crippen LogP) is 12.0. The molecule has 0 unspecified atom stereocenters. The van der Waals surface area contributed by atoms with E-state index in [0.29, 0.717) is 19.3 Å². The first-order valence-electron chi connectivity index (χ1n) is 25.5. The molecule has 3 atom stereocenters. The topological polar surface area (TPSA) is 202 Å². The number of benzene rings is 1. The fourth-order valence-electron chi connectivity index (χ4n) is 7.34. The number of ether oxygens (including phenoxy) is 3. The Hall–Kier alpha value is -4.56. The molecule has 6 N–H and O–H groups in total. The molecule has 0 saturated carbocycles. The lowest BCUT2D eigenvalue weighted by Gasteiger charge is -2.21. The molecule has 0 aliphatic carbocycles. The summed E-state index contributed by atoms with van der Waals surface area (Å²) < 4.78 is 16.7. The minimum absolute atomic E-state index is 0.0666. The van der Waals surface area contributed by atoms with Crippen molar-refractivity contribution < 1.29 is 43.0 Å². The van der Waals surface area contributed by atoms with Gasteiger partial charge in [-0.25, -0.2) is 28.8 Å². The highest BCUT2D eigenvalue weighted by atomic mass is 16.5. The lowest BCUT2D eigenvalue weighted by Crippen LogP contribution is -2.45. The summed E-state index contributed by atoms with van der Waals surface area (Å²) in [6, 6.07) is -0.434. The third kappa shape index (κ3) is 29.9. The van der Waals surface area contributed by atoms with Crippen LogP contribution >= 0.6 is 0 Å². The first-order valence-corrected chi connectivity index (χ1v) is 25.5. The van der Waals surface area contributed by atoms with Crippen LogP contribution in [0.3, 0.4) is 0 Å². The smallest absolute Gasteiger partial charge is 0.328 e. The summed E-state index contributed by atoms with van der Waals surface area (Å²) in [5.74, 6) is -1.38. The van der Waals surface area contributed by atoms with E-state index in [-0.39, 0.29) is 54.6 Å². The molecule has 1 rings (SSSR count). The molecule has 15 heteroatoms. The van der Waals surface area contributed by atoms with Crippen molar-refractivity contribution in [2.75, 3.05) is 35.8 Å². The Bertz CT molecular complexity index is 1350. The number of carbonyl (C=O) groups is 6. The quantitative estimate of drug-likeness (QED) is 0.0215. The average molecular weight is 931 g/mol. The molecule has 0 spiro atoms. The molecule has 1 aromatic carbocycles. The Balaban J connectivity index is 3.28. The van der Waals surface area contributed by atoms with Gasteiger partial charge in [-0.2, -0.15) is 0 Å². The highest BCUT2D eigenvalue weighted by Crippen LogP contribution is 2.24. The van der Waals surface area contributed by atoms with Gasteiger partial charge < -0.3 is 46.1 Å². The van der Waals surface area contributed by atoms with Gasteiger partial charge in [0.15, 0.2) is 0 Å². The van der Waals surface area contributed by atoms with Gasteiger partial charge in [0.05, 0.1) is 19.8 Å². The third-order valence-electron chi connectivity index (χ3n) is 10.8. The van der Waals surface area contributed by atoms with Crippen molar-refractivity contribution >= 4 is 53.1 Å². The maximum Gasteiger partial charge on any atom is 0.328 e. The van der Waals surface area contributed by atoms with Crippen LogP contribution < -0.4 is 31.9 Å². The second-order valence-electron chi connectivity index (χ2n) is 18.9. The van der Waals surface area contributed by atoms with Gasteiger partial charge >= 0.3 is 36.0 Å². The molecule has 378 valence electrons. The molecule has 0 radical (unpaired) electrons. The zero-order valence-electron chi connectivity index (χ0n) is 42.3. The monoisotopic (exact) mass is 931 g/mol. The first-order chi connectivity index (χ1) is 31.6. The van der Waals surface area contributed by atoms with E-state index in [0.717, 1.165) is 96.3 Å². The zero-order chi connectivity index (χ0) is 49.1. The van der Waals surface area contributed by atoms with E-state index in [4.69, 9.17) is 14.2 Å². The second kappa shape index (κ2) is 36.5. The highest BCUT2D eigenvalue weighted by molar-refractivity contribution is 5.99. The van der Waals surface area contributed by atoms with Crippen LogP contribution in [0.1, 0.15) is 197 Å². The minimum atomic E-state index is -0.919. The van der Waals surface area contributed by atoms with Crippen LogP contribution in [0, 0.1) is 17.8 Å². The number of nitrogens with one attached hydrogen (secondary N) is 6. The molecule has 1 aromatic rings. The summed E-state index contributed by atoms with van der Waals surface area (Å²) in [5, 5.41) is 16.4. The van der Waals surface area contributed by atoms with Crippen molar-refractivity contribution in [1.29, 1.82) is 0 Å². The number of urea groups is 3. The number of hydrogen-bond donors (Lipinski definition) is 6. The molecular formula is C51H90N6O9. The van der Waals surface area contributed by atoms with Gasteiger partial charge in [0.25, 0.3) is 0 Å². The van der Waals surface area contributed by atoms with Crippen LogP contribution in [-0.2, 0) is 28.6 Å². The van der Waals surface area contributed by atoms with E-state index < -0.39 is 54.1 Å². The summed E-state index contributed by atoms with van der Waals surface area (Å²) in [6.07, 6.45) is 19.7. The number of hydrogen-bond acceptors (Lipinski definition) is 9. The van der Waals surface area contributed by atoms with Crippen LogP contribution in [-0.4, -0.2) is 73.9 Å². The third-order valence-corrected chi connectivity index (χ3v) is 10.8. The van der Waals surface area contributed by atoms with E-state index in [2.05, 4.69) is 52.7 Å². The lowest BCUT2D eigenvalue weighted by atomic mass is 10.0. The number of esters is 3. The molecule has 66 heavy (non-hydrogen) atoms.